The molecule has 154 valence electrons. The van der Waals surface area contributed by atoms with Gasteiger partial charge in [-0.3, -0.25) is 4.79 Å². The van der Waals surface area contributed by atoms with Gasteiger partial charge in [0.2, 0.25) is 5.91 Å². The molecule has 1 heterocycles. The fourth-order valence-corrected chi connectivity index (χ4v) is 4.69. The summed E-state index contributed by atoms with van der Waals surface area (Å²) in [6, 6.07) is 17.8. The molecule has 3 aromatic rings. The average Bonchev–Trinajstić information content (AvgIpc) is 3.71. The Balaban J connectivity index is 1.43. The van der Waals surface area contributed by atoms with Crippen LogP contribution in [0.5, 0.6) is 5.75 Å². The third-order valence-electron chi connectivity index (χ3n) is 5.45. The van der Waals surface area contributed by atoms with E-state index in [0.717, 1.165) is 29.4 Å². The minimum Gasteiger partial charge on any atom is -0.497 e. The molecule has 0 bridgehead atoms. The first-order chi connectivity index (χ1) is 14.7. The lowest BCUT2D eigenvalue weighted by Gasteiger charge is -2.18. The van der Waals surface area contributed by atoms with Crippen LogP contribution in [0.1, 0.15) is 54.3 Å². The SMILES string of the molecule is COc1cccc(NC(=O)[C@@H](Sc2nnc(C3CC3)n2C2CC2)c2ccccc2)c1. The maximum absolute atomic E-state index is 13.3. The number of thioether (sulfide) groups is 1. The Morgan fingerprint density at radius 3 is 2.60 bits per heavy atom. The Morgan fingerprint density at radius 2 is 1.90 bits per heavy atom. The summed E-state index contributed by atoms with van der Waals surface area (Å²) in [6.07, 6.45) is 4.70. The van der Waals surface area contributed by atoms with Crippen molar-refractivity contribution >= 4 is 23.4 Å². The van der Waals surface area contributed by atoms with E-state index in [1.807, 2.05) is 54.6 Å². The van der Waals surface area contributed by atoms with Gasteiger partial charge < -0.3 is 14.6 Å². The van der Waals surface area contributed by atoms with Crippen LogP contribution < -0.4 is 10.1 Å². The predicted octanol–water partition coefficient (Wildman–Crippen LogP) is 4.97. The van der Waals surface area contributed by atoms with Crippen molar-refractivity contribution in [3.8, 4) is 5.75 Å². The highest BCUT2D eigenvalue weighted by Gasteiger charge is 2.37. The second-order valence-corrected chi connectivity index (χ2v) is 8.92. The minimum atomic E-state index is -0.425. The van der Waals surface area contributed by atoms with E-state index in [2.05, 4.69) is 20.1 Å². The molecule has 2 aliphatic carbocycles. The second-order valence-electron chi connectivity index (χ2n) is 7.85. The van der Waals surface area contributed by atoms with Crippen LogP contribution in [0.15, 0.2) is 59.8 Å². The highest BCUT2D eigenvalue weighted by molar-refractivity contribution is 8.00. The lowest BCUT2D eigenvalue weighted by molar-refractivity contribution is -0.115. The Labute approximate surface area is 180 Å². The normalized spacial score (nSPS) is 16.8. The standard InChI is InChI=1S/C23H24N4O2S/c1-29-19-9-5-8-17(14-19)24-22(28)20(15-6-3-2-4-7-15)30-23-26-25-21(16-10-11-16)27(23)18-12-13-18/h2-9,14,16,18,20H,10-13H2,1H3,(H,24,28)/t20-/m0/s1. The fraction of sp³-hybridized carbons (Fsp3) is 0.348. The molecule has 1 amide bonds. The quantitative estimate of drug-likeness (QED) is 0.521. The van der Waals surface area contributed by atoms with Crippen molar-refractivity contribution < 1.29 is 9.53 Å². The molecule has 30 heavy (non-hydrogen) atoms. The van der Waals surface area contributed by atoms with Crippen LogP contribution in [0.2, 0.25) is 0 Å². The van der Waals surface area contributed by atoms with Crippen LogP contribution in [-0.4, -0.2) is 27.8 Å². The summed E-state index contributed by atoms with van der Waals surface area (Å²) in [6.45, 7) is 0. The number of nitrogens with one attached hydrogen (secondary N) is 1. The molecule has 5 rings (SSSR count). The maximum Gasteiger partial charge on any atom is 0.242 e. The molecule has 1 aromatic heterocycles. The molecule has 1 N–H and O–H groups in total. The molecule has 1 atom stereocenters. The molecule has 0 radical (unpaired) electrons. The van der Waals surface area contributed by atoms with E-state index >= 15 is 0 Å². The fourth-order valence-electron chi connectivity index (χ4n) is 3.58. The molecule has 2 saturated carbocycles. The van der Waals surface area contributed by atoms with Gasteiger partial charge in [-0.1, -0.05) is 48.2 Å². The second kappa shape index (κ2) is 8.14. The number of rotatable bonds is 8. The first kappa shape index (κ1) is 19.2. The Bertz CT molecular complexity index is 1040. The highest BCUT2D eigenvalue weighted by Crippen LogP contribution is 2.47. The number of nitrogens with zero attached hydrogens (tertiary/aromatic N) is 3. The summed E-state index contributed by atoms with van der Waals surface area (Å²) in [5.41, 5.74) is 1.66. The van der Waals surface area contributed by atoms with Gasteiger partial charge in [-0.2, -0.15) is 0 Å². The van der Waals surface area contributed by atoms with E-state index in [0.29, 0.717) is 23.4 Å². The molecule has 0 unspecified atom stereocenters. The molecule has 2 aromatic carbocycles. The van der Waals surface area contributed by atoms with Gasteiger partial charge in [-0.05, 0) is 43.4 Å². The van der Waals surface area contributed by atoms with Crippen molar-refractivity contribution in [2.75, 3.05) is 12.4 Å². The third-order valence-corrected chi connectivity index (χ3v) is 6.66. The number of carbonyl (C=O) groups is 1. The van der Waals surface area contributed by atoms with Gasteiger partial charge in [0.05, 0.1) is 7.11 Å². The number of hydrogen-bond donors (Lipinski definition) is 1. The average molecular weight is 421 g/mol. The van der Waals surface area contributed by atoms with Crippen molar-refractivity contribution in [2.45, 2.75) is 48.0 Å². The van der Waals surface area contributed by atoms with Crippen molar-refractivity contribution in [1.29, 1.82) is 0 Å². The lowest BCUT2D eigenvalue weighted by atomic mass is 10.1. The molecule has 2 fully saturated rings. The number of amides is 1. The molecule has 7 heteroatoms. The van der Waals surface area contributed by atoms with Crippen LogP contribution in [0.3, 0.4) is 0 Å². The topological polar surface area (TPSA) is 69.0 Å². The van der Waals surface area contributed by atoms with Crippen LogP contribution in [0.4, 0.5) is 5.69 Å². The van der Waals surface area contributed by atoms with E-state index in [-0.39, 0.29) is 5.91 Å². The first-order valence-electron chi connectivity index (χ1n) is 10.3. The number of aromatic nitrogens is 3. The molecule has 2 aliphatic rings. The van der Waals surface area contributed by atoms with E-state index < -0.39 is 5.25 Å². The highest BCUT2D eigenvalue weighted by atomic mass is 32.2. The maximum atomic E-state index is 13.3. The lowest BCUT2D eigenvalue weighted by Crippen LogP contribution is -2.19. The monoisotopic (exact) mass is 420 g/mol. The number of carbonyl (C=O) groups excluding carboxylic acids is 1. The number of anilines is 1. The summed E-state index contributed by atoms with van der Waals surface area (Å²) < 4.78 is 7.57. The van der Waals surface area contributed by atoms with Gasteiger partial charge in [0.15, 0.2) is 5.16 Å². The predicted molar refractivity (Wildman–Crippen MR) is 117 cm³/mol. The molecule has 6 nitrogen and oxygen atoms in total. The Hall–Kier alpha value is -2.80. The van der Waals surface area contributed by atoms with Crippen molar-refractivity contribution in [1.82, 2.24) is 14.8 Å². The van der Waals surface area contributed by atoms with Crippen LogP contribution in [0.25, 0.3) is 0 Å². The zero-order chi connectivity index (χ0) is 20.5. The van der Waals surface area contributed by atoms with Crippen LogP contribution in [-0.2, 0) is 4.79 Å². The van der Waals surface area contributed by atoms with Crippen molar-refractivity contribution in [2.24, 2.45) is 0 Å². The first-order valence-corrected chi connectivity index (χ1v) is 11.2. The Kier molecular flexibility index (Phi) is 5.21. The number of ether oxygens (including phenoxy) is 1. The largest absolute Gasteiger partial charge is 0.497 e. The summed E-state index contributed by atoms with van der Waals surface area (Å²) >= 11 is 1.49. The van der Waals surface area contributed by atoms with Gasteiger partial charge >= 0.3 is 0 Å². The molecular weight excluding hydrogens is 396 g/mol. The summed E-state index contributed by atoms with van der Waals surface area (Å²) in [5, 5.41) is 12.5. The van der Waals surface area contributed by atoms with Gasteiger partial charge in [0, 0.05) is 23.7 Å². The minimum absolute atomic E-state index is 0.0854. The van der Waals surface area contributed by atoms with Crippen LogP contribution in [0, 0.1) is 0 Å². The number of hydrogen-bond acceptors (Lipinski definition) is 5. The van der Waals surface area contributed by atoms with Gasteiger partial charge in [0.1, 0.15) is 16.8 Å². The molecule has 0 spiro atoms. The van der Waals surface area contributed by atoms with Crippen molar-refractivity contribution in [3.05, 3.63) is 66.0 Å². The summed E-state index contributed by atoms with van der Waals surface area (Å²) in [5.74, 6) is 2.25. The molecular formula is C23H24N4O2S. The zero-order valence-corrected chi connectivity index (χ0v) is 17.6. The summed E-state index contributed by atoms with van der Waals surface area (Å²) in [7, 11) is 1.62. The van der Waals surface area contributed by atoms with E-state index in [4.69, 9.17) is 4.74 Å². The Morgan fingerprint density at radius 1 is 1.10 bits per heavy atom. The van der Waals surface area contributed by atoms with Gasteiger partial charge in [0.25, 0.3) is 0 Å². The zero-order valence-electron chi connectivity index (χ0n) is 16.8. The summed E-state index contributed by atoms with van der Waals surface area (Å²) in [4.78, 5) is 13.3. The van der Waals surface area contributed by atoms with E-state index in [1.165, 1.54) is 24.6 Å². The van der Waals surface area contributed by atoms with E-state index in [1.54, 1.807) is 7.11 Å². The van der Waals surface area contributed by atoms with Gasteiger partial charge in [-0.25, -0.2) is 0 Å². The molecule has 0 aliphatic heterocycles. The number of methoxy groups -OCH3 is 1. The van der Waals surface area contributed by atoms with Gasteiger partial charge in [-0.15, -0.1) is 10.2 Å². The van der Waals surface area contributed by atoms with Crippen LogP contribution >= 0.6 is 11.8 Å². The molecule has 0 saturated heterocycles. The third kappa shape index (κ3) is 4.07. The number of benzene rings is 2. The smallest absolute Gasteiger partial charge is 0.242 e. The van der Waals surface area contributed by atoms with E-state index in [9.17, 15) is 4.79 Å². The van der Waals surface area contributed by atoms with Crippen molar-refractivity contribution in [3.63, 3.8) is 0 Å².